The van der Waals surface area contributed by atoms with Gasteiger partial charge in [-0.15, -0.1) is 0 Å². The summed E-state index contributed by atoms with van der Waals surface area (Å²) < 4.78 is 7.26. The molecule has 19 heavy (non-hydrogen) atoms. The summed E-state index contributed by atoms with van der Waals surface area (Å²) in [7, 11) is 1.67. The molecule has 5 heteroatoms. The first-order valence-corrected chi connectivity index (χ1v) is 6.41. The molecule has 0 fully saturated rings. The maximum Gasteiger partial charge on any atom is 0.163 e. The van der Waals surface area contributed by atoms with E-state index in [1.54, 1.807) is 7.11 Å². The van der Waals surface area contributed by atoms with Gasteiger partial charge in [0.2, 0.25) is 0 Å². The Morgan fingerprint density at radius 3 is 3.21 bits per heavy atom. The maximum absolute atomic E-state index is 5.28. The van der Waals surface area contributed by atoms with Crippen molar-refractivity contribution in [3.8, 4) is 5.75 Å². The van der Waals surface area contributed by atoms with Crippen molar-refractivity contribution in [2.24, 2.45) is 0 Å². The summed E-state index contributed by atoms with van der Waals surface area (Å²) in [6.45, 7) is 1.86. The van der Waals surface area contributed by atoms with E-state index in [1.165, 1.54) is 11.3 Å². The first kappa shape index (κ1) is 10.8. The van der Waals surface area contributed by atoms with Crippen LogP contribution in [-0.2, 0) is 13.0 Å². The number of benzene rings is 1. The summed E-state index contributed by atoms with van der Waals surface area (Å²) >= 11 is 0. The minimum Gasteiger partial charge on any atom is -0.497 e. The van der Waals surface area contributed by atoms with Crippen LogP contribution in [0, 0.1) is 0 Å². The number of ether oxygens (including phenoxy) is 1. The Morgan fingerprint density at radius 1 is 1.37 bits per heavy atom. The molecule has 2 aromatic heterocycles. The zero-order valence-electron chi connectivity index (χ0n) is 10.7. The Bertz CT molecular complexity index is 778. The molecule has 0 spiro atoms. The SMILES string of the molecule is COc1ccc2nn3c4c(cnc3c2c1)CNCC4. The molecule has 1 aliphatic heterocycles. The number of nitrogens with zero attached hydrogens (tertiary/aromatic N) is 3. The summed E-state index contributed by atoms with van der Waals surface area (Å²) in [5.41, 5.74) is 4.37. The molecule has 3 aromatic rings. The van der Waals surface area contributed by atoms with Gasteiger partial charge in [-0.25, -0.2) is 9.50 Å². The summed E-state index contributed by atoms with van der Waals surface area (Å²) in [5.74, 6) is 0.837. The van der Waals surface area contributed by atoms with Crippen LogP contribution in [0.25, 0.3) is 16.6 Å². The average Bonchev–Trinajstić information content (AvgIpc) is 2.85. The fourth-order valence-electron chi connectivity index (χ4n) is 2.68. The molecule has 1 N–H and O–H groups in total. The number of fused-ring (bicyclic) bond motifs is 5. The number of hydrogen-bond acceptors (Lipinski definition) is 4. The molecule has 4 rings (SSSR count). The van der Waals surface area contributed by atoms with E-state index in [2.05, 4.69) is 15.4 Å². The first-order valence-electron chi connectivity index (χ1n) is 6.41. The Labute approximate surface area is 110 Å². The third-order valence-corrected chi connectivity index (χ3v) is 3.68. The second-order valence-electron chi connectivity index (χ2n) is 4.78. The summed E-state index contributed by atoms with van der Waals surface area (Å²) in [6.07, 6.45) is 2.94. The van der Waals surface area contributed by atoms with Crippen molar-refractivity contribution in [2.45, 2.75) is 13.0 Å². The number of hydrogen-bond donors (Lipinski definition) is 1. The highest BCUT2D eigenvalue weighted by molar-refractivity contribution is 5.93. The van der Waals surface area contributed by atoms with E-state index in [1.807, 2.05) is 28.9 Å². The second-order valence-corrected chi connectivity index (χ2v) is 4.78. The van der Waals surface area contributed by atoms with Gasteiger partial charge in [-0.3, -0.25) is 0 Å². The van der Waals surface area contributed by atoms with Gasteiger partial charge in [0, 0.05) is 31.3 Å². The highest BCUT2D eigenvalue weighted by Gasteiger charge is 2.16. The third-order valence-electron chi connectivity index (χ3n) is 3.68. The summed E-state index contributed by atoms with van der Waals surface area (Å²) in [6, 6.07) is 5.91. The number of nitrogens with one attached hydrogen (secondary N) is 1. The first-order chi connectivity index (χ1) is 9.36. The van der Waals surface area contributed by atoms with E-state index >= 15 is 0 Å². The van der Waals surface area contributed by atoms with Gasteiger partial charge in [0.05, 0.1) is 23.7 Å². The normalized spacial score (nSPS) is 14.8. The molecule has 1 aliphatic rings. The maximum atomic E-state index is 5.28. The molecule has 0 atom stereocenters. The van der Waals surface area contributed by atoms with Gasteiger partial charge in [0.1, 0.15) is 5.75 Å². The van der Waals surface area contributed by atoms with E-state index in [-0.39, 0.29) is 0 Å². The average molecular weight is 254 g/mol. The second kappa shape index (κ2) is 3.93. The van der Waals surface area contributed by atoms with Crippen molar-refractivity contribution in [3.63, 3.8) is 0 Å². The Kier molecular flexibility index (Phi) is 2.22. The molecule has 0 radical (unpaired) electrons. The Morgan fingerprint density at radius 2 is 2.32 bits per heavy atom. The molecule has 0 unspecified atom stereocenters. The monoisotopic (exact) mass is 254 g/mol. The van der Waals surface area contributed by atoms with E-state index in [4.69, 9.17) is 4.74 Å². The lowest BCUT2D eigenvalue weighted by Crippen LogP contribution is -2.26. The van der Waals surface area contributed by atoms with Crippen LogP contribution < -0.4 is 10.1 Å². The quantitative estimate of drug-likeness (QED) is 0.715. The summed E-state index contributed by atoms with van der Waals surface area (Å²) in [5, 5.41) is 9.07. The van der Waals surface area contributed by atoms with E-state index < -0.39 is 0 Å². The van der Waals surface area contributed by atoms with E-state index in [0.717, 1.165) is 41.8 Å². The molecule has 0 bridgehead atoms. The van der Waals surface area contributed by atoms with Crippen LogP contribution in [-0.4, -0.2) is 28.3 Å². The zero-order valence-corrected chi connectivity index (χ0v) is 10.7. The molecule has 1 aromatic carbocycles. The van der Waals surface area contributed by atoms with Crippen molar-refractivity contribution >= 4 is 16.6 Å². The molecule has 0 saturated heterocycles. The predicted molar refractivity (Wildman–Crippen MR) is 72.5 cm³/mol. The van der Waals surface area contributed by atoms with Crippen molar-refractivity contribution < 1.29 is 4.74 Å². The van der Waals surface area contributed by atoms with Gasteiger partial charge in [0.25, 0.3) is 0 Å². The zero-order chi connectivity index (χ0) is 12.8. The van der Waals surface area contributed by atoms with E-state index in [0.29, 0.717) is 0 Å². The highest BCUT2D eigenvalue weighted by Crippen LogP contribution is 2.25. The smallest absolute Gasteiger partial charge is 0.163 e. The lowest BCUT2D eigenvalue weighted by Gasteiger charge is -2.16. The van der Waals surface area contributed by atoms with Gasteiger partial charge >= 0.3 is 0 Å². The molecule has 0 amide bonds. The molecule has 0 aliphatic carbocycles. The van der Waals surface area contributed by atoms with Crippen LogP contribution in [0.3, 0.4) is 0 Å². The molecule has 3 heterocycles. The molecule has 96 valence electrons. The van der Waals surface area contributed by atoms with Crippen LogP contribution >= 0.6 is 0 Å². The van der Waals surface area contributed by atoms with Gasteiger partial charge in [-0.05, 0) is 18.2 Å². The van der Waals surface area contributed by atoms with Crippen molar-refractivity contribution in [1.29, 1.82) is 0 Å². The van der Waals surface area contributed by atoms with Crippen LogP contribution in [0.1, 0.15) is 11.3 Å². The lowest BCUT2D eigenvalue weighted by atomic mass is 10.1. The van der Waals surface area contributed by atoms with Crippen LogP contribution in [0.4, 0.5) is 0 Å². The van der Waals surface area contributed by atoms with Crippen molar-refractivity contribution in [1.82, 2.24) is 19.9 Å². The minimum absolute atomic E-state index is 0.837. The topological polar surface area (TPSA) is 51.5 Å². The fourth-order valence-corrected chi connectivity index (χ4v) is 2.68. The lowest BCUT2D eigenvalue weighted by molar-refractivity contribution is 0.415. The largest absolute Gasteiger partial charge is 0.497 e. The van der Waals surface area contributed by atoms with Crippen molar-refractivity contribution in [3.05, 3.63) is 35.7 Å². The molecular weight excluding hydrogens is 240 g/mol. The standard InChI is InChI=1S/C14H14N4O/c1-19-10-2-3-12-11(6-10)14-16-8-9-7-15-5-4-13(9)18(14)17-12/h2-3,6,8,15H,4-5,7H2,1H3. The fraction of sp³-hybridized carbons (Fsp3) is 0.286. The summed E-state index contributed by atoms with van der Waals surface area (Å²) in [4.78, 5) is 4.56. The van der Waals surface area contributed by atoms with Crippen LogP contribution in [0.5, 0.6) is 5.75 Å². The molecular formula is C14H14N4O. The van der Waals surface area contributed by atoms with E-state index in [9.17, 15) is 0 Å². The van der Waals surface area contributed by atoms with Crippen molar-refractivity contribution in [2.75, 3.05) is 13.7 Å². The highest BCUT2D eigenvalue weighted by atomic mass is 16.5. The van der Waals surface area contributed by atoms with Gasteiger partial charge < -0.3 is 10.1 Å². The Hall–Kier alpha value is -2.14. The van der Waals surface area contributed by atoms with Gasteiger partial charge in [-0.1, -0.05) is 0 Å². The number of aromatic nitrogens is 3. The third kappa shape index (κ3) is 1.51. The van der Waals surface area contributed by atoms with Crippen LogP contribution in [0.2, 0.25) is 0 Å². The molecule has 5 nitrogen and oxygen atoms in total. The minimum atomic E-state index is 0.837. The van der Waals surface area contributed by atoms with Gasteiger partial charge in [0.15, 0.2) is 5.65 Å². The van der Waals surface area contributed by atoms with Crippen LogP contribution in [0.15, 0.2) is 24.4 Å². The van der Waals surface area contributed by atoms with Gasteiger partial charge in [-0.2, -0.15) is 5.10 Å². The Balaban J connectivity index is 2.08. The number of rotatable bonds is 1. The molecule has 0 saturated carbocycles. The number of methoxy groups -OCH3 is 1. The predicted octanol–water partition coefficient (Wildman–Crippen LogP) is 1.54.